The molecule has 0 fully saturated rings. The van der Waals surface area contributed by atoms with Gasteiger partial charge in [0.05, 0.1) is 5.75 Å². The molecule has 0 radical (unpaired) electrons. The quantitative estimate of drug-likeness (QED) is 0.760. The summed E-state index contributed by atoms with van der Waals surface area (Å²) in [4.78, 5) is 17.4. The molecule has 0 spiro atoms. The van der Waals surface area contributed by atoms with Crippen molar-refractivity contribution in [3.8, 4) is 0 Å². The zero-order chi connectivity index (χ0) is 16.0. The molecular weight excluding hydrogens is 316 g/mol. The third-order valence-electron chi connectivity index (χ3n) is 3.12. The van der Waals surface area contributed by atoms with Crippen molar-refractivity contribution >= 4 is 41.2 Å². The number of carbonyl (C=O) groups is 1. The van der Waals surface area contributed by atoms with Crippen LogP contribution >= 0.6 is 23.1 Å². The zero-order valence-corrected chi connectivity index (χ0v) is 14.6. The van der Waals surface area contributed by atoms with E-state index in [0.29, 0.717) is 16.7 Å². The van der Waals surface area contributed by atoms with Gasteiger partial charge < -0.3 is 5.32 Å². The van der Waals surface area contributed by atoms with Crippen molar-refractivity contribution in [2.75, 3.05) is 5.75 Å². The number of H-pyrrole nitrogens is 1. The molecule has 2 aromatic heterocycles. The fourth-order valence-corrected chi connectivity index (χ4v) is 2.80. The second-order valence-electron chi connectivity index (χ2n) is 5.43. The van der Waals surface area contributed by atoms with Gasteiger partial charge in [0.2, 0.25) is 11.1 Å². The van der Waals surface area contributed by atoms with Crippen LogP contribution in [0.2, 0.25) is 0 Å². The molecular formula is C15H20N4OS2. The Balaban J connectivity index is 1.83. The first-order valence-corrected chi connectivity index (χ1v) is 8.93. The Morgan fingerprint density at radius 3 is 3.00 bits per heavy atom. The molecule has 2 rings (SSSR count). The van der Waals surface area contributed by atoms with E-state index in [1.807, 2.05) is 43.5 Å². The molecule has 0 aliphatic rings. The first-order valence-electron chi connectivity index (χ1n) is 7.06. The SMILES string of the molecule is CCC(C)(C)NC(=O)CSc1n[nH]c(/C=C/c2cccs2)n1. The number of thiophene rings is 1. The number of nitrogens with one attached hydrogen (secondary N) is 2. The van der Waals surface area contributed by atoms with Gasteiger partial charge in [0.15, 0.2) is 0 Å². The summed E-state index contributed by atoms with van der Waals surface area (Å²) in [6, 6.07) is 4.04. The molecule has 22 heavy (non-hydrogen) atoms. The van der Waals surface area contributed by atoms with Crippen LogP contribution in [0.3, 0.4) is 0 Å². The molecule has 5 nitrogen and oxygen atoms in total. The highest BCUT2D eigenvalue weighted by atomic mass is 32.2. The van der Waals surface area contributed by atoms with E-state index >= 15 is 0 Å². The standard InChI is InChI=1S/C15H20N4OS2/c1-4-15(2,3)17-13(20)10-22-14-16-12(18-19-14)8-7-11-6-5-9-21-11/h5-9H,4,10H2,1-3H3,(H,17,20)(H,16,18,19)/b8-7+. The number of hydrogen-bond acceptors (Lipinski definition) is 5. The predicted octanol–water partition coefficient (Wildman–Crippen LogP) is 3.43. The monoisotopic (exact) mass is 336 g/mol. The number of hydrogen-bond donors (Lipinski definition) is 2. The average Bonchev–Trinajstić information content (AvgIpc) is 3.14. The van der Waals surface area contributed by atoms with Crippen molar-refractivity contribution in [2.24, 2.45) is 0 Å². The highest BCUT2D eigenvalue weighted by Crippen LogP contribution is 2.15. The van der Waals surface area contributed by atoms with Gasteiger partial charge in [0.1, 0.15) is 5.82 Å². The summed E-state index contributed by atoms with van der Waals surface area (Å²) in [7, 11) is 0. The summed E-state index contributed by atoms with van der Waals surface area (Å²) in [6.45, 7) is 6.07. The fourth-order valence-electron chi connectivity index (χ4n) is 1.58. The van der Waals surface area contributed by atoms with Crippen molar-refractivity contribution in [3.63, 3.8) is 0 Å². The minimum Gasteiger partial charge on any atom is -0.351 e. The van der Waals surface area contributed by atoms with Crippen LogP contribution in [0.1, 0.15) is 37.9 Å². The van der Waals surface area contributed by atoms with Crippen LogP contribution in [-0.4, -0.2) is 32.4 Å². The zero-order valence-electron chi connectivity index (χ0n) is 12.9. The van der Waals surface area contributed by atoms with E-state index in [-0.39, 0.29) is 11.4 Å². The molecule has 0 aromatic carbocycles. The van der Waals surface area contributed by atoms with E-state index in [1.165, 1.54) is 11.8 Å². The van der Waals surface area contributed by atoms with Crippen LogP contribution < -0.4 is 5.32 Å². The molecule has 0 unspecified atom stereocenters. The third kappa shape index (κ3) is 5.31. The van der Waals surface area contributed by atoms with Crippen LogP contribution in [0.5, 0.6) is 0 Å². The van der Waals surface area contributed by atoms with Gasteiger partial charge in [-0.1, -0.05) is 24.8 Å². The average molecular weight is 336 g/mol. The highest BCUT2D eigenvalue weighted by Gasteiger charge is 2.18. The smallest absolute Gasteiger partial charge is 0.230 e. The maximum Gasteiger partial charge on any atom is 0.230 e. The molecule has 2 heterocycles. The number of carbonyl (C=O) groups excluding carboxylic acids is 1. The maximum absolute atomic E-state index is 11.9. The molecule has 7 heteroatoms. The van der Waals surface area contributed by atoms with Crippen molar-refractivity contribution in [1.29, 1.82) is 0 Å². The van der Waals surface area contributed by atoms with Gasteiger partial charge in [-0.25, -0.2) is 4.98 Å². The van der Waals surface area contributed by atoms with Gasteiger partial charge in [-0.15, -0.1) is 16.4 Å². The number of amides is 1. The molecule has 118 valence electrons. The topological polar surface area (TPSA) is 70.7 Å². The second-order valence-corrected chi connectivity index (χ2v) is 7.35. The van der Waals surface area contributed by atoms with E-state index in [0.717, 1.165) is 11.3 Å². The molecule has 0 atom stereocenters. The van der Waals surface area contributed by atoms with Gasteiger partial charge in [-0.3, -0.25) is 9.89 Å². The fraction of sp³-hybridized carbons (Fsp3) is 0.400. The molecule has 0 aliphatic heterocycles. The van der Waals surface area contributed by atoms with Gasteiger partial charge in [0, 0.05) is 10.4 Å². The van der Waals surface area contributed by atoms with Crippen LogP contribution in [0.25, 0.3) is 12.2 Å². The molecule has 0 saturated heterocycles. The van der Waals surface area contributed by atoms with E-state index < -0.39 is 0 Å². The Hall–Kier alpha value is -1.60. The number of thioether (sulfide) groups is 1. The predicted molar refractivity (Wildman–Crippen MR) is 92.9 cm³/mol. The Kier molecular flexibility index (Phi) is 5.79. The summed E-state index contributed by atoms with van der Waals surface area (Å²) >= 11 is 2.99. The maximum atomic E-state index is 11.9. The lowest BCUT2D eigenvalue weighted by Crippen LogP contribution is -2.43. The number of rotatable bonds is 7. The van der Waals surface area contributed by atoms with E-state index in [4.69, 9.17) is 0 Å². The van der Waals surface area contributed by atoms with Gasteiger partial charge in [0.25, 0.3) is 0 Å². The second kappa shape index (κ2) is 7.60. The van der Waals surface area contributed by atoms with Crippen molar-refractivity contribution in [1.82, 2.24) is 20.5 Å². The lowest BCUT2D eigenvalue weighted by Gasteiger charge is -2.24. The van der Waals surface area contributed by atoms with E-state index in [2.05, 4.69) is 27.4 Å². The van der Waals surface area contributed by atoms with Crippen LogP contribution in [-0.2, 0) is 4.79 Å². The van der Waals surface area contributed by atoms with E-state index in [9.17, 15) is 4.79 Å². The van der Waals surface area contributed by atoms with Crippen molar-refractivity contribution in [3.05, 3.63) is 28.2 Å². The Bertz CT molecular complexity index is 632. The summed E-state index contributed by atoms with van der Waals surface area (Å²) in [5.41, 5.74) is -0.175. The minimum atomic E-state index is -0.175. The Morgan fingerprint density at radius 2 is 2.32 bits per heavy atom. The lowest BCUT2D eigenvalue weighted by atomic mass is 10.0. The van der Waals surface area contributed by atoms with Crippen LogP contribution in [0, 0.1) is 0 Å². The molecule has 1 amide bonds. The van der Waals surface area contributed by atoms with Gasteiger partial charge in [-0.05, 0) is 43.9 Å². The first kappa shape index (κ1) is 16.8. The van der Waals surface area contributed by atoms with Crippen LogP contribution in [0.15, 0.2) is 22.7 Å². The van der Waals surface area contributed by atoms with Gasteiger partial charge >= 0.3 is 0 Å². The highest BCUT2D eigenvalue weighted by molar-refractivity contribution is 7.99. The minimum absolute atomic E-state index is 0.00247. The number of nitrogens with zero attached hydrogens (tertiary/aromatic N) is 2. The first-order chi connectivity index (χ1) is 10.5. The lowest BCUT2D eigenvalue weighted by molar-refractivity contribution is -0.120. The summed E-state index contributed by atoms with van der Waals surface area (Å²) < 4.78 is 0. The molecule has 0 saturated carbocycles. The summed E-state index contributed by atoms with van der Waals surface area (Å²) in [5, 5.41) is 12.6. The van der Waals surface area contributed by atoms with Gasteiger partial charge in [-0.2, -0.15) is 0 Å². The largest absolute Gasteiger partial charge is 0.351 e. The molecule has 2 aromatic rings. The normalized spacial score (nSPS) is 12.0. The number of aromatic amines is 1. The molecule has 0 aliphatic carbocycles. The Labute approximate surface area is 138 Å². The van der Waals surface area contributed by atoms with Crippen molar-refractivity contribution in [2.45, 2.75) is 37.9 Å². The Morgan fingerprint density at radius 1 is 1.50 bits per heavy atom. The summed E-state index contributed by atoms with van der Waals surface area (Å²) in [6.07, 6.45) is 4.75. The summed E-state index contributed by atoms with van der Waals surface area (Å²) in [5.74, 6) is 0.998. The third-order valence-corrected chi connectivity index (χ3v) is 4.81. The molecule has 2 N–H and O–H groups in total. The van der Waals surface area contributed by atoms with Crippen molar-refractivity contribution < 1.29 is 4.79 Å². The van der Waals surface area contributed by atoms with E-state index in [1.54, 1.807) is 11.3 Å². The van der Waals surface area contributed by atoms with Crippen LogP contribution in [0.4, 0.5) is 0 Å². The number of aromatic nitrogens is 3. The molecule has 0 bridgehead atoms.